The third-order valence-corrected chi connectivity index (χ3v) is 9.83. The first kappa shape index (κ1) is 30.0. The number of rotatable bonds is 6. The summed E-state index contributed by atoms with van der Waals surface area (Å²) in [5, 5.41) is 6.04. The Morgan fingerprint density at radius 1 is 0.680 bits per heavy atom. The van der Waals surface area contributed by atoms with Gasteiger partial charge < -0.3 is 4.42 Å². The third-order valence-electron chi connectivity index (χ3n) is 9.83. The van der Waals surface area contributed by atoms with Gasteiger partial charge in [0, 0.05) is 33.6 Å². The summed E-state index contributed by atoms with van der Waals surface area (Å²) in [5.74, 6) is 3.03. The summed E-state index contributed by atoms with van der Waals surface area (Å²) in [4.78, 5) is 15.2. The van der Waals surface area contributed by atoms with Gasteiger partial charge in [0.05, 0.1) is 0 Å². The van der Waals surface area contributed by atoms with E-state index in [2.05, 4.69) is 127 Å². The van der Waals surface area contributed by atoms with Gasteiger partial charge in [0.15, 0.2) is 17.5 Å². The summed E-state index contributed by atoms with van der Waals surface area (Å²) in [6.45, 7) is 2.04. The van der Waals surface area contributed by atoms with Crippen LogP contribution in [-0.4, -0.2) is 15.0 Å². The fourth-order valence-electron chi connectivity index (χ4n) is 7.42. The predicted octanol–water partition coefficient (Wildman–Crippen LogP) is 11.9. The average molecular weight is 646 g/mol. The van der Waals surface area contributed by atoms with Gasteiger partial charge in [-0.25, -0.2) is 15.0 Å². The van der Waals surface area contributed by atoms with Crippen LogP contribution in [0.2, 0.25) is 0 Å². The van der Waals surface area contributed by atoms with Gasteiger partial charge in [-0.15, -0.1) is 0 Å². The van der Waals surface area contributed by atoms with Gasteiger partial charge in [-0.05, 0) is 77.1 Å². The Labute approximate surface area is 291 Å². The van der Waals surface area contributed by atoms with Crippen LogP contribution in [0.1, 0.15) is 66.2 Å². The minimum atomic E-state index is 0.0393. The van der Waals surface area contributed by atoms with Crippen molar-refractivity contribution in [2.75, 3.05) is 0 Å². The molecule has 50 heavy (non-hydrogen) atoms. The number of fused-ring (bicyclic) bond motifs is 6. The highest BCUT2D eigenvalue weighted by molar-refractivity contribution is 6.11. The van der Waals surface area contributed by atoms with Crippen LogP contribution in [0.25, 0.3) is 61.1 Å². The van der Waals surface area contributed by atoms with E-state index in [1.165, 1.54) is 32.7 Å². The molecular formula is C46H35N3O. The van der Waals surface area contributed by atoms with Gasteiger partial charge in [-0.2, -0.15) is 0 Å². The molecule has 5 aromatic carbocycles. The summed E-state index contributed by atoms with van der Waals surface area (Å²) in [7, 11) is 0. The van der Waals surface area contributed by atoms with Gasteiger partial charge in [0.1, 0.15) is 11.3 Å². The zero-order valence-corrected chi connectivity index (χ0v) is 27.9. The first-order valence-corrected chi connectivity index (χ1v) is 17.4. The predicted molar refractivity (Wildman–Crippen MR) is 207 cm³/mol. The van der Waals surface area contributed by atoms with Crippen molar-refractivity contribution in [3.63, 3.8) is 0 Å². The molecule has 0 amide bonds. The lowest BCUT2D eigenvalue weighted by Gasteiger charge is -2.23. The van der Waals surface area contributed by atoms with Gasteiger partial charge in [-0.3, -0.25) is 0 Å². The molecule has 0 saturated carbocycles. The fourth-order valence-corrected chi connectivity index (χ4v) is 7.42. The number of allylic oxidation sites excluding steroid dienone is 8. The molecule has 2 aliphatic rings. The largest absolute Gasteiger partial charge is 0.460 e. The number of hydrogen-bond acceptors (Lipinski definition) is 4. The molecule has 2 heterocycles. The van der Waals surface area contributed by atoms with Crippen LogP contribution in [0.5, 0.6) is 0 Å². The molecule has 4 nitrogen and oxygen atoms in total. The Hall–Kier alpha value is -6.13. The summed E-state index contributed by atoms with van der Waals surface area (Å²) in [6, 6.07) is 36.4. The summed E-state index contributed by atoms with van der Waals surface area (Å²) >= 11 is 0. The maximum Gasteiger partial charge on any atom is 0.164 e. The Morgan fingerprint density at radius 2 is 1.46 bits per heavy atom. The zero-order chi connectivity index (χ0) is 33.4. The first-order chi connectivity index (χ1) is 24.7. The van der Waals surface area contributed by atoms with Crippen molar-refractivity contribution in [2.24, 2.45) is 0 Å². The molecule has 0 spiro atoms. The third kappa shape index (κ3) is 5.30. The van der Waals surface area contributed by atoms with Crippen molar-refractivity contribution in [1.29, 1.82) is 0 Å². The monoisotopic (exact) mass is 645 g/mol. The lowest BCUT2D eigenvalue weighted by atomic mass is 9.82. The maximum atomic E-state index is 6.79. The Morgan fingerprint density at radius 3 is 2.30 bits per heavy atom. The van der Waals surface area contributed by atoms with Crippen LogP contribution >= 0.6 is 0 Å². The number of hydrogen-bond donors (Lipinski definition) is 0. The molecule has 0 radical (unpaired) electrons. The number of benzene rings is 5. The van der Waals surface area contributed by atoms with E-state index in [4.69, 9.17) is 19.4 Å². The topological polar surface area (TPSA) is 51.8 Å². The number of para-hydroxylation sites is 1. The van der Waals surface area contributed by atoms with Crippen LogP contribution < -0.4 is 0 Å². The van der Waals surface area contributed by atoms with Crippen LogP contribution in [-0.2, 0) is 0 Å². The average Bonchev–Trinajstić information content (AvgIpc) is 3.58. The maximum absolute atomic E-state index is 6.79. The molecule has 0 bridgehead atoms. The van der Waals surface area contributed by atoms with E-state index in [1.807, 2.05) is 31.2 Å². The van der Waals surface area contributed by atoms with Crippen LogP contribution in [0, 0.1) is 0 Å². The minimum absolute atomic E-state index is 0.0393. The van der Waals surface area contributed by atoms with Crippen molar-refractivity contribution in [3.8, 4) is 11.4 Å². The van der Waals surface area contributed by atoms with Gasteiger partial charge in [0.25, 0.3) is 0 Å². The molecule has 0 fully saturated rings. The number of furan rings is 1. The Balaban J connectivity index is 1.21. The van der Waals surface area contributed by atoms with Crippen LogP contribution in [0.4, 0.5) is 0 Å². The molecule has 0 N–H and O–H groups in total. The molecule has 2 aromatic heterocycles. The van der Waals surface area contributed by atoms with E-state index in [0.29, 0.717) is 17.5 Å². The first-order valence-electron chi connectivity index (χ1n) is 17.4. The smallest absolute Gasteiger partial charge is 0.164 e. The molecule has 4 heteroatoms. The van der Waals surface area contributed by atoms with Crippen molar-refractivity contribution in [1.82, 2.24) is 15.0 Å². The van der Waals surface area contributed by atoms with Crippen molar-refractivity contribution >= 4 is 49.7 Å². The number of aromatic nitrogens is 3. The summed E-state index contributed by atoms with van der Waals surface area (Å²) in [5.41, 5.74) is 7.38. The summed E-state index contributed by atoms with van der Waals surface area (Å²) < 4.78 is 6.79. The molecule has 7 aromatic rings. The SMILES string of the molecule is C/C=C\C=C/c1cc2ccc(C3CC=C(c4nc(C5=CCCC=C5)nc(-c5ccccc5)n4)c4c3oc3ccccc43)cc2c2ccccc12. The molecule has 2 aliphatic carbocycles. The molecule has 1 atom stereocenters. The molecular weight excluding hydrogens is 611 g/mol. The van der Waals surface area contributed by atoms with E-state index in [9.17, 15) is 0 Å². The Kier molecular flexibility index (Phi) is 7.62. The summed E-state index contributed by atoms with van der Waals surface area (Å²) in [6.07, 6.45) is 20.1. The van der Waals surface area contributed by atoms with Crippen molar-refractivity contribution < 1.29 is 4.42 Å². The van der Waals surface area contributed by atoms with Crippen molar-refractivity contribution in [3.05, 3.63) is 180 Å². The highest BCUT2D eigenvalue weighted by Gasteiger charge is 2.32. The lowest BCUT2D eigenvalue weighted by Crippen LogP contribution is -2.11. The van der Waals surface area contributed by atoms with E-state index in [0.717, 1.165) is 58.3 Å². The standard InChI is InChI=1S/C46H35N3O/c1-2-3-6-19-32-28-33-24-25-34(29-40(33)37-21-12-11-20-35(32)37)36-26-27-39(42-38-22-13-14-23-41(38)50-43(36)42)46-48-44(30-15-7-4-8-16-30)47-45(49-46)31-17-9-5-10-18-31/h2-4,6-9,11-25,27-29,36H,5,10,26H2,1H3/b3-2-,19-6-. The highest BCUT2D eigenvalue weighted by Crippen LogP contribution is 2.46. The second-order valence-electron chi connectivity index (χ2n) is 12.9. The quantitative estimate of drug-likeness (QED) is 0.133. The van der Waals surface area contributed by atoms with Crippen molar-refractivity contribution in [2.45, 2.75) is 32.1 Å². The molecule has 0 aliphatic heterocycles. The second-order valence-corrected chi connectivity index (χ2v) is 12.9. The van der Waals surface area contributed by atoms with Crippen LogP contribution in [0.15, 0.2) is 150 Å². The normalized spacial score (nSPS) is 16.1. The molecule has 240 valence electrons. The van der Waals surface area contributed by atoms with E-state index in [1.54, 1.807) is 0 Å². The molecule has 0 saturated heterocycles. The van der Waals surface area contributed by atoms with Gasteiger partial charge in [0.2, 0.25) is 0 Å². The van der Waals surface area contributed by atoms with E-state index >= 15 is 0 Å². The number of nitrogens with zero attached hydrogens (tertiary/aromatic N) is 3. The van der Waals surface area contributed by atoms with E-state index < -0.39 is 0 Å². The highest BCUT2D eigenvalue weighted by atomic mass is 16.3. The zero-order valence-electron chi connectivity index (χ0n) is 27.9. The Bertz CT molecular complexity index is 2580. The fraction of sp³-hybridized carbons (Fsp3) is 0.109. The lowest BCUT2D eigenvalue weighted by molar-refractivity contribution is 0.516. The van der Waals surface area contributed by atoms with Crippen LogP contribution in [0.3, 0.4) is 0 Å². The van der Waals surface area contributed by atoms with Gasteiger partial charge in [-0.1, -0.05) is 134 Å². The second kappa shape index (κ2) is 12.7. The molecule has 9 rings (SSSR count). The van der Waals surface area contributed by atoms with Gasteiger partial charge >= 0.3 is 0 Å². The molecule has 1 unspecified atom stereocenters. The minimum Gasteiger partial charge on any atom is -0.460 e. The van der Waals surface area contributed by atoms with E-state index in [-0.39, 0.29) is 5.92 Å².